The summed E-state index contributed by atoms with van der Waals surface area (Å²) in [5.41, 5.74) is -6.56. The van der Waals surface area contributed by atoms with Crippen LogP contribution in [0.3, 0.4) is 0 Å². The van der Waals surface area contributed by atoms with E-state index in [1.54, 1.807) is 26.1 Å². The Hall–Kier alpha value is -1.58. The number of nitrogens with one attached hydrogen (secondary N) is 1. The van der Waals surface area contributed by atoms with Crippen molar-refractivity contribution in [1.29, 1.82) is 0 Å². The zero-order valence-corrected chi connectivity index (χ0v) is 19.6. The van der Waals surface area contributed by atoms with Crippen molar-refractivity contribution in [2.24, 2.45) is 0 Å². The molecule has 0 fully saturated rings. The fraction of sp³-hybridized carbons (Fsp3) is 0.833. The summed E-state index contributed by atoms with van der Waals surface area (Å²) in [6.45, 7) is 11.0. The first kappa shape index (κ1) is 28.4. The number of alkyl halides is 2. The third-order valence-corrected chi connectivity index (χ3v) is 5.09. The van der Waals surface area contributed by atoms with Crippen molar-refractivity contribution >= 4 is 25.4 Å². The minimum atomic E-state index is -5.19. The number of hydrogen-bond donors (Lipinski definition) is 1. The van der Waals surface area contributed by atoms with E-state index < -0.39 is 68.0 Å². The third kappa shape index (κ3) is 9.06. The van der Waals surface area contributed by atoms with Crippen LogP contribution < -0.4 is 5.32 Å². The van der Waals surface area contributed by atoms with Crippen molar-refractivity contribution in [3.8, 4) is 0 Å². The fourth-order valence-electron chi connectivity index (χ4n) is 2.02. The predicted molar refractivity (Wildman–Crippen MR) is 104 cm³/mol. The van der Waals surface area contributed by atoms with Gasteiger partial charge in [-0.2, -0.15) is 8.78 Å². The first-order valence-corrected chi connectivity index (χ1v) is 11.0. The predicted octanol–water partition coefficient (Wildman–Crippen LogP) is 3.40. The van der Waals surface area contributed by atoms with Gasteiger partial charge in [-0.25, -0.2) is 4.79 Å². The standard InChI is InChI=1S/C18H32F2NO8P/c1-9-26-30(25,27-10-2)18(19,20)15(24)21-12(14(23)29-17(6,7)8)11-13(22)28-16(3,4)5/h12H,9-11H2,1-8H3,(H,21,24)/t12-/m0/s1. The molecule has 0 rings (SSSR count). The smallest absolute Gasteiger partial charge is 0.421 e. The molecule has 0 aromatic carbocycles. The molecular weight excluding hydrogens is 427 g/mol. The molecule has 0 bridgehead atoms. The number of amides is 1. The van der Waals surface area contributed by atoms with Crippen molar-refractivity contribution in [1.82, 2.24) is 5.32 Å². The number of carbonyl (C=O) groups is 3. The molecule has 0 spiro atoms. The van der Waals surface area contributed by atoms with Gasteiger partial charge in [0.05, 0.1) is 19.6 Å². The van der Waals surface area contributed by atoms with Gasteiger partial charge in [-0.1, -0.05) is 0 Å². The highest BCUT2D eigenvalue weighted by molar-refractivity contribution is 7.56. The van der Waals surface area contributed by atoms with Crippen LogP contribution in [0.5, 0.6) is 0 Å². The average Bonchev–Trinajstić information content (AvgIpc) is 2.50. The van der Waals surface area contributed by atoms with E-state index >= 15 is 0 Å². The van der Waals surface area contributed by atoms with E-state index in [2.05, 4.69) is 9.05 Å². The van der Waals surface area contributed by atoms with Gasteiger partial charge in [0.15, 0.2) is 0 Å². The highest BCUT2D eigenvalue weighted by Gasteiger charge is 2.60. The molecule has 0 unspecified atom stereocenters. The van der Waals surface area contributed by atoms with Gasteiger partial charge < -0.3 is 23.8 Å². The lowest BCUT2D eigenvalue weighted by Crippen LogP contribution is -2.51. The molecule has 9 nitrogen and oxygen atoms in total. The summed E-state index contributed by atoms with van der Waals surface area (Å²) in [6, 6.07) is -1.81. The fourth-order valence-corrected chi connectivity index (χ4v) is 3.42. The molecule has 0 aromatic heterocycles. The average molecular weight is 459 g/mol. The molecule has 30 heavy (non-hydrogen) atoms. The van der Waals surface area contributed by atoms with Crippen LogP contribution >= 0.6 is 7.60 Å². The molecule has 0 aliphatic carbocycles. The molecule has 1 amide bonds. The molecule has 0 radical (unpaired) electrons. The summed E-state index contributed by atoms with van der Waals surface area (Å²) < 4.78 is 60.9. The van der Waals surface area contributed by atoms with Crippen LogP contribution in [0.25, 0.3) is 0 Å². The van der Waals surface area contributed by atoms with E-state index in [1.165, 1.54) is 34.6 Å². The Morgan fingerprint density at radius 2 is 1.33 bits per heavy atom. The Bertz CT molecular complexity index is 660. The van der Waals surface area contributed by atoms with E-state index in [9.17, 15) is 27.7 Å². The zero-order valence-electron chi connectivity index (χ0n) is 18.7. The molecule has 0 aliphatic rings. The van der Waals surface area contributed by atoms with E-state index in [1.807, 2.05) is 0 Å². The van der Waals surface area contributed by atoms with Crippen LogP contribution in [0.4, 0.5) is 8.78 Å². The quantitative estimate of drug-likeness (QED) is 0.390. The van der Waals surface area contributed by atoms with Gasteiger partial charge in [0.1, 0.15) is 17.2 Å². The van der Waals surface area contributed by atoms with Gasteiger partial charge in [0.2, 0.25) is 0 Å². The van der Waals surface area contributed by atoms with Crippen molar-refractivity contribution in [2.75, 3.05) is 13.2 Å². The second-order valence-electron chi connectivity index (χ2n) is 8.22. The van der Waals surface area contributed by atoms with Crippen LogP contribution in [0.15, 0.2) is 0 Å². The number of halogens is 2. The Kier molecular flexibility index (Phi) is 10.1. The molecule has 0 heterocycles. The molecule has 0 saturated carbocycles. The van der Waals surface area contributed by atoms with E-state index in [0.717, 1.165) is 0 Å². The highest BCUT2D eigenvalue weighted by atomic mass is 31.2. The number of ether oxygens (including phenoxy) is 2. The minimum absolute atomic E-state index is 0.409. The van der Waals surface area contributed by atoms with Crippen LogP contribution in [0.1, 0.15) is 61.8 Å². The maximum absolute atomic E-state index is 14.6. The molecule has 1 N–H and O–H groups in total. The second kappa shape index (κ2) is 10.6. The number of esters is 2. The molecule has 1 atom stereocenters. The highest BCUT2D eigenvalue weighted by Crippen LogP contribution is 2.61. The lowest BCUT2D eigenvalue weighted by molar-refractivity contribution is -0.166. The number of rotatable bonds is 10. The Morgan fingerprint density at radius 1 is 0.900 bits per heavy atom. The van der Waals surface area contributed by atoms with E-state index in [-0.39, 0.29) is 0 Å². The SMILES string of the molecule is CCOP(=O)(OCC)C(F)(F)C(=O)N[C@@H](CC(=O)OC(C)(C)C)C(=O)OC(C)(C)C. The molecule has 12 heteroatoms. The van der Waals surface area contributed by atoms with Gasteiger partial charge >= 0.3 is 31.1 Å². The minimum Gasteiger partial charge on any atom is -0.460 e. The molecule has 176 valence electrons. The molecule has 0 saturated heterocycles. The van der Waals surface area contributed by atoms with E-state index in [0.29, 0.717) is 0 Å². The van der Waals surface area contributed by atoms with Crippen LogP contribution in [-0.2, 0) is 37.5 Å². The lowest BCUT2D eigenvalue weighted by atomic mass is 10.1. The zero-order chi connectivity index (χ0) is 24.0. The van der Waals surface area contributed by atoms with Crippen molar-refractivity contribution in [3.63, 3.8) is 0 Å². The number of carbonyl (C=O) groups excluding carboxylic acids is 3. The summed E-state index contributed by atoms with van der Waals surface area (Å²) in [6.07, 6.45) is -0.776. The maximum Gasteiger partial charge on any atom is 0.421 e. The van der Waals surface area contributed by atoms with Gasteiger partial charge in [0, 0.05) is 0 Å². The first-order chi connectivity index (χ1) is 13.4. The maximum atomic E-state index is 14.6. The first-order valence-electron chi connectivity index (χ1n) is 9.41. The Morgan fingerprint density at radius 3 is 1.70 bits per heavy atom. The van der Waals surface area contributed by atoms with Gasteiger partial charge in [-0.3, -0.25) is 14.2 Å². The van der Waals surface area contributed by atoms with E-state index in [4.69, 9.17) is 9.47 Å². The summed E-state index contributed by atoms with van der Waals surface area (Å²) in [5.74, 6) is -4.17. The molecule has 0 aliphatic heterocycles. The van der Waals surface area contributed by atoms with Gasteiger partial charge in [-0.15, -0.1) is 0 Å². The Balaban J connectivity index is 5.74. The largest absolute Gasteiger partial charge is 0.460 e. The monoisotopic (exact) mass is 459 g/mol. The normalized spacial score (nSPS) is 14.1. The molecular formula is C18H32F2NO8P. The topological polar surface area (TPSA) is 117 Å². The summed E-state index contributed by atoms with van der Waals surface area (Å²) >= 11 is 0. The van der Waals surface area contributed by atoms with Crippen molar-refractivity contribution < 1.29 is 46.3 Å². The third-order valence-electron chi connectivity index (χ3n) is 3.00. The summed E-state index contributed by atoms with van der Waals surface area (Å²) in [5, 5.41) is 1.72. The van der Waals surface area contributed by atoms with Gasteiger partial charge in [0.25, 0.3) is 0 Å². The molecule has 0 aromatic rings. The summed E-state index contributed by atoms with van der Waals surface area (Å²) in [7, 11) is -5.19. The van der Waals surface area contributed by atoms with Crippen molar-refractivity contribution in [2.45, 2.75) is 84.7 Å². The van der Waals surface area contributed by atoms with Crippen LogP contribution in [0, 0.1) is 0 Å². The Labute approximate surface area is 175 Å². The van der Waals surface area contributed by atoms with Crippen LogP contribution in [0.2, 0.25) is 0 Å². The second-order valence-corrected chi connectivity index (χ2v) is 10.3. The van der Waals surface area contributed by atoms with Crippen LogP contribution in [-0.4, -0.2) is 54.0 Å². The van der Waals surface area contributed by atoms with Crippen molar-refractivity contribution in [3.05, 3.63) is 0 Å². The number of hydrogen-bond acceptors (Lipinski definition) is 8. The van der Waals surface area contributed by atoms with Gasteiger partial charge in [-0.05, 0) is 55.4 Å². The summed E-state index contributed by atoms with van der Waals surface area (Å²) in [4.78, 5) is 36.8. The lowest BCUT2D eigenvalue weighted by Gasteiger charge is -2.28.